The highest BCUT2D eigenvalue weighted by Gasteiger charge is 2.54. The van der Waals surface area contributed by atoms with Gasteiger partial charge in [-0.05, 0) is 12.1 Å². The number of carbonyl (C=O) groups is 1. The third kappa shape index (κ3) is 1.30. The molecule has 3 heterocycles. The molecular formula is C15H12ClN3O. The molecular weight excluding hydrogens is 274 g/mol. The van der Waals surface area contributed by atoms with Gasteiger partial charge in [0, 0.05) is 47.2 Å². The van der Waals surface area contributed by atoms with Gasteiger partial charge in [-0.15, -0.1) is 0 Å². The number of amides is 1. The highest BCUT2D eigenvalue weighted by Crippen LogP contribution is 2.45. The Balaban J connectivity index is 2.04. The lowest BCUT2D eigenvalue weighted by molar-refractivity contribution is 0.0694. The molecule has 1 N–H and O–H groups in total. The van der Waals surface area contributed by atoms with Gasteiger partial charge in [0.05, 0.1) is 0 Å². The van der Waals surface area contributed by atoms with Crippen LogP contribution in [0.1, 0.15) is 21.5 Å². The number of hydrogen-bond acceptors (Lipinski definition) is 3. The number of nitrogens with one attached hydrogen (secondary N) is 1. The fraction of sp³-hybridized carbons (Fsp3) is 0.200. The van der Waals surface area contributed by atoms with E-state index in [4.69, 9.17) is 11.6 Å². The summed E-state index contributed by atoms with van der Waals surface area (Å²) in [7, 11) is 0. The Kier molecular flexibility index (Phi) is 2.40. The molecule has 1 saturated heterocycles. The first kappa shape index (κ1) is 11.9. The maximum atomic E-state index is 12.6. The van der Waals surface area contributed by atoms with Crippen LogP contribution in [-0.4, -0.2) is 28.9 Å². The Labute approximate surface area is 121 Å². The molecule has 1 unspecified atom stereocenters. The summed E-state index contributed by atoms with van der Waals surface area (Å²) in [5.41, 5.74) is 1.82. The summed E-state index contributed by atoms with van der Waals surface area (Å²) in [5.74, 6) is 0.0346. The lowest BCUT2D eigenvalue weighted by atomic mass is 9.92. The highest BCUT2D eigenvalue weighted by atomic mass is 35.5. The van der Waals surface area contributed by atoms with Crippen molar-refractivity contribution in [1.82, 2.24) is 15.2 Å². The Bertz CT molecular complexity index is 718. The lowest BCUT2D eigenvalue weighted by Crippen LogP contribution is -2.47. The van der Waals surface area contributed by atoms with Gasteiger partial charge in [0.15, 0.2) is 0 Å². The molecule has 1 aromatic heterocycles. The van der Waals surface area contributed by atoms with Gasteiger partial charge in [0.2, 0.25) is 0 Å². The van der Waals surface area contributed by atoms with Crippen LogP contribution < -0.4 is 5.32 Å². The van der Waals surface area contributed by atoms with Crippen molar-refractivity contribution in [3.8, 4) is 0 Å². The fourth-order valence-corrected chi connectivity index (χ4v) is 3.53. The first-order valence-electron chi connectivity index (χ1n) is 6.51. The predicted molar refractivity (Wildman–Crippen MR) is 75.5 cm³/mol. The van der Waals surface area contributed by atoms with Crippen LogP contribution in [0.4, 0.5) is 0 Å². The zero-order chi connectivity index (χ0) is 13.7. The van der Waals surface area contributed by atoms with Crippen LogP contribution in [-0.2, 0) is 5.66 Å². The van der Waals surface area contributed by atoms with Crippen molar-refractivity contribution in [2.45, 2.75) is 5.66 Å². The van der Waals surface area contributed by atoms with Crippen molar-refractivity contribution in [2.75, 3.05) is 13.1 Å². The van der Waals surface area contributed by atoms with Crippen LogP contribution in [0.3, 0.4) is 0 Å². The third-order valence-corrected chi connectivity index (χ3v) is 4.40. The van der Waals surface area contributed by atoms with E-state index in [2.05, 4.69) is 10.3 Å². The molecule has 2 aliphatic rings. The average Bonchev–Trinajstić information content (AvgIpc) is 3.00. The summed E-state index contributed by atoms with van der Waals surface area (Å²) >= 11 is 6.38. The van der Waals surface area contributed by atoms with Gasteiger partial charge in [-0.2, -0.15) is 0 Å². The van der Waals surface area contributed by atoms with Gasteiger partial charge < -0.3 is 4.90 Å². The Morgan fingerprint density at radius 2 is 2.10 bits per heavy atom. The van der Waals surface area contributed by atoms with E-state index < -0.39 is 5.66 Å². The number of fused-ring (bicyclic) bond motifs is 3. The number of pyridine rings is 1. The van der Waals surface area contributed by atoms with Crippen LogP contribution in [0, 0.1) is 0 Å². The van der Waals surface area contributed by atoms with Crippen LogP contribution in [0.2, 0.25) is 5.02 Å². The van der Waals surface area contributed by atoms with E-state index >= 15 is 0 Å². The molecule has 1 atom stereocenters. The maximum Gasteiger partial charge on any atom is 0.256 e. The molecule has 0 radical (unpaired) electrons. The number of aromatic nitrogens is 1. The van der Waals surface area contributed by atoms with Crippen molar-refractivity contribution in [3.63, 3.8) is 0 Å². The van der Waals surface area contributed by atoms with Gasteiger partial charge in [0.1, 0.15) is 5.66 Å². The second-order valence-corrected chi connectivity index (χ2v) is 5.40. The Morgan fingerprint density at radius 1 is 1.25 bits per heavy atom. The third-order valence-electron chi connectivity index (χ3n) is 4.07. The van der Waals surface area contributed by atoms with E-state index in [0.29, 0.717) is 17.1 Å². The van der Waals surface area contributed by atoms with Crippen molar-refractivity contribution >= 4 is 17.5 Å². The highest BCUT2D eigenvalue weighted by molar-refractivity contribution is 6.31. The van der Waals surface area contributed by atoms with Crippen molar-refractivity contribution < 1.29 is 4.79 Å². The average molecular weight is 286 g/mol. The molecule has 4 nitrogen and oxygen atoms in total. The minimum atomic E-state index is -0.668. The second kappa shape index (κ2) is 4.04. The summed E-state index contributed by atoms with van der Waals surface area (Å²) in [4.78, 5) is 18.6. The van der Waals surface area contributed by atoms with Gasteiger partial charge >= 0.3 is 0 Å². The lowest BCUT2D eigenvalue weighted by Gasteiger charge is -2.33. The van der Waals surface area contributed by atoms with Crippen molar-refractivity contribution in [2.24, 2.45) is 0 Å². The van der Waals surface area contributed by atoms with E-state index in [1.807, 2.05) is 29.2 Å². The first-order valence-corrected chi connectivity index (χ1v) is 6.89. The van der Waals surface area contributed by atoms with Crippen LogP contribution in [0.5, 0.6) is 0 Å². The number of benzene rings is 1. The van der Waals surface area contributed by atoms with E-state index in [9.17, 15) is 4.79 Å². The summed E-state index contributed by atoms with van der Waals surface area (Å²) < 4.78 is 0. The van der Waals surface area contributed by atoms with Gasteiger partial charge in [-0.1, -0.05) is 29.8 Å². The normalized spacial score (nSPS) is 23.9. The van der Waals surface area contributed by atoms with Crippen LogP contribution >= 0.6 is 11.6 Å². The summed E-state index contributed by atoms with van der Waals surface area (Å²) in [6.45, 7) is 1.41. The quantitative estimate of drug-likeness (QED) is 0.872. The standard InChI is InChI=1S/C15H12ClN3O/c16-13-4-2-1-3-11(13)15-12-9-17-6-5-10(12)14(20)19(15)8-7-18-15/h1-6,9,18H,7-8H2. The number of carbonyl (C=O) groups excluding carboxylic acids is 1. The molecule has 20 heavy (non-hydrogen) atoms. The largest absolute Gasteiger partial charge is 0.311 e. The van der Waals surface area contributed by atoms with Crippen LogP contribution in [0.25, 0.3) is 0 Å². The first-order chi connectivity index (χ1) is 9.75. The molecule has 1 fully saturated rings. The zero-order valence-corrected chi connectivity index (χ0v) is 11.4. The summed E-state index contributed by atoms with van der Waals surface area (Å²) in [6.07, 6.45) is 3.41. The molecule has 4 rings (SSSR count). The number of halogens is 1. The van der Waals surface area contributed by atoms with E-state index in [-0.39, 0.29) is 5.91 Å². The van der Waals surface area contributed by atoms with Gasteiger partial charge in [-0.3, -0.25) is 15.1 Å². The van der Waals surface area contributed by atoms with E-state index in [0.717, 1.165) is 17.7 Å². The molecule has 0 saturated carbocycles. The molecule has 1 amide bonds. The second-order valence-electron chi connectivity index (χ2n) is 5.00. The molecule has 5 heteroatoms. The fourth-order valence-electron chi connectivity index (χ4n) is 3.26. The maximum absolute atomic E-state index is 12.6. The molecule has 1 aromatic carbocycles. The number of hydrogen-bond donors (Lipinski definition) is 1. The number of rotatable bonds is 1. The van der Waals surface area contributed by atoms with Crippen molar-refractivity contribution in [1.29, 1.82) is 0 Å². The monoisotopic (exact) mass is 285 g/mol. The summed E-state index contributed by atoms with van der Waals surface area (Å²) in [5, 5.41) is 4.11. The topological polar surface area (TPSA) is 45.2 Å². The smallest absolute Gasteiger partial charge is 0.256 e. The number of nitrogens with zero attached hydrogens (tertiary/aromatic N) is 2. The predicted octanol–water partition coefficient (Wildman–Crippen LogP) is 2.00. The molecule has 0 spiro atoms. The Hall–Kier alpha value is -1.91. The minimum absolute atomic E-state index is 0.0346. The molecule has 2 aliphatic heterocycles. The Morgan fingerprint density at radius 3 is 2.95 bits per heavy atom. The molecule has 2 aromatic rings. The van der Waals surface area contributed by atoms with Crippen LogP contribution in [0.15, 0.2) is 42.7 Å². The molecule has 0 bridgehead atoms. The minimum Gasteiger partial charge on any atom is -0.311 e. The van der Waals surface area contributed by atoms with Crippen molar-refractivity contribution in [3.05, 3.63) is 64.4 Å². The SMILES string of the molecule is O=C1c2ccncc2C2(c3ccccc3Cl)NCCN12. The van der Waals surface area contributed by atoms with E-state index in [1.165, 1.54) is 0 Å². The van der Waals surface area contributed by atoms with E-state index in [1.54, 1.807) is 18.5 Å². The molecule has 100 valence electrons. The summed E-state index contributed by atoms with van der Waals surface area (Å²) in [6, 6.07) is 9.41. The zero-order valence-electron chi connectivity index (χ0n) is 10.6. The van der Waals surface area contributed by atoms with Gasteiger partial charge in [-0.25, -0.2) is 0 Å². The molecule has 0 aliphatic carbocycles. The van der Waals surface area contributed by atoms with Gasteiger partial charge in [0.25, 0.3) is 5.91 Å².